The average molecular weight is 266 g/mol. The molecule has 2 rings (SSSR count). The second-order valence-electron chi connectivity index (χ2n) is 4.79. The molecule has 1 aliphatic rings. The molecule has 0 amide bonds. The van der Waals surface area contributed by atoms with Crippen molar-refractivity contribution >= 4 is 17.2 Å². The summed E-state index contributed by atoms with van der Waals surface area (Å²) in [5, 5.41) is 11.0. The first-order valence-electron chi connectivity index (χ1n) is 6.18. The molecule has 1 fully saturated rings. The first kappa shape index (κ1) is 13.5. The number of ketones is 1. The largest absolute Gasteiger partial charge is 0.365 e. The van der Waals surface area contributed by atoms with Crippen molar-refractivity contribution in [1.29, 1.82) is 0 Å². The Hall–Kier alpha value is -1.98. The number of anilines is 1. The highest BCUT2D eigenvalue weighted by atomic mass is 19.1. The highest BCUT2D eigenvalue weighted by Gasteiger charge is 2.27. The Kier molecular flexibility index (Phi) is 3.78. The third-order valence-corrected chi connectivity index (χ3v) is 3.47. The van der Waals surface area contributed by atoms with Crippen molar-refractivity contribution < 1.29 is 14.1 Å². The Morgan fingerprint density at radius 1 is 1.53 bits per heavy atom. The Morgan fingerprint density at radius 2 is 2.26 bits per heavy atom. The summed E-state index contributed by atoms with van der Waals surface area (Å²) in [6.07, 6.45) is 1.56. The number of piperidine rings is 1. The van der Waals surface area contributed by atoms with Gasteiger partial charge in [0, 0.05) is 31.1 Å². The van der Waals surface area contributed by atoms with Crippen molar-refractivity contribution in [2.45, 2.75) is 19.8 Å². The zero-order valence-corrected chi connectivity index (χ0v) is 10.6. The molecule has 0 aliphatic carbocycles. The zero-order chi connectivity index (χ0) is 14.0. The lowest BCUT2D eigenvalue weighted by Gasteiger charge is -2.32. The molecule has 1 unspecified atom stereocenters. The second-order valence-corrected chi connectivity index (χ2v) is 4.79. The van der Waals surface area contributed by atoms with E-state index in [0.29, 0.717) is 13.1 Å². The Labute approximate surface area is 110 Å². The lowest BCUT2D eigenvalue weighted by atomic mass is 9.94. The maximum absolute atomic E-state index is 13.3. The fourth-order valence-electron chi connectivity index (χ4n) is 2.43. The minimum absolute atomic E-state index is 0.0729. The summed E-state index contributed by atoms with van der Waals surface area (Å²) >= 11 is 0. The summed E-state index contributed by atoms with van der Waals surface area (Å²) in [7, 11) is 0. The third-order valence-electron chi connectivity index (χ3n) is 3.47. The molecule has 1 atom stereocenters. The van der Waals surface area contributed by atoms with E-state index in [4.69, 9.17) is 0 Å². The first-order chi connectivity index (χ1) is 8.99. The second kappa shape index (κ2) is 5.34. The lowest BCUT2D eigenvalue weighted by Crippen LogP contribution is -2.38. The highest BCUT2D eigenvalue weighted by Crippen LogP contribution is 2.32. The van der Waals surface area contributed by atoms with Gasteiger partial charge in [0.2, 0.25) is 0 Å². The van der Waals surface area contributed by atoms with E-state index in [1.165, 1.54) is 19.1 Å². The van der Waals surface area contributed by atoms with Crippen molar-refractivity contribution in [2.75, 3.05) is 18.0 Å². The van der Waals surface area contributed by atoms with Crippen LogP contribution in [0.4, 0.5) is 15.8 Å². The van der Waals surface area contributed by atoms with Crippen molar-refractivity contribution in [3.05, 3.63) is 34.1 Å². The van der Waals surface area contributed by atoms with Crippen molar-refractivity contribution in [1.82, 2.24) is 0 Å². The van der Waals surface area contributed by atoms with Gasteiger partial charge in [0.1, 0.15) is 17.3 Å². The Bertz CT molecular complexity index is 519. The van der Waals surface area contributed by atoms with Gasteiger partial charge < -0.3 is 4.90 Å². The van der Waals surface area contributed by atoms with Crippen LogP contribution in [0.5, 0.6) is 0 Å². The number of hydrogen-bond acceptors (Lipinski definition) is 4. The number of halogens is 1. The molecule has 0 spiro atoms. The van der Waals surface area contributed by atoms with Crippen molar-refractivity contribution in [3.8, 4) is 0 Å². The lowest BCUT2D eigenvalue weighted by molar-refractivity contribution is -0.384. The monoisotopic (exact) mass is 266 g/mol. The third kappa shape index (κ3) is 2.89. The number of benzene rings is 1. The van der Waals surface area contributed by atoms with Crippen LogP contribution in [0.2, 0.25) is 0 Å². The number of hydrogen-bond donors (Lipinski definition) is 0. The van der Waals surface area contributed by atoms with Crippen LogP contribution in [-0.2, 0) is 4.79 Å². The summed E-state index contributed by atoms with van der Waals surface area (Å²) in [5.41, 5.74) is 0.140. The zero-order valence-electron chi connectivity index (χ0n) is 10.6. The molecule has 1 heterocycles. The van der Waals surface area contributed by atoms with Gasteiger partial charge in [0.25, 0.3) is 5.69 Å². The molecule has 0 saturated carbocycles. The molecule has 0 radical (unpaired) electrons. The molecule has 1 saturated heterocycles. The summed E-state index contributed by atoms with van der Waals surface area (Å²) in [6.45, 7) is 2.54. The van der Waals surface area contributed by atoms with Gasteiger partial charge in [-0.05, 0) is 25.8 Å². The van der Waals surface area contributed by atoms with Crippen molar-refractivity contribution in [3.63, 3.8) is 0 Å². The van der Waals surface area contributed by atoms with E-state index < -0.39 is 10.7 Å². The molecular weight excluding hydrogens is 251 g/mol. The fraction of sp³-hybridized carbons (Fsp3) is 0.462. The van der Waals surface area contributed by atoms with Crippen LogP contribution in [0.1, 0.15) is 19.8 Å². The minimum atomic E-state index is -0.522. The van der Waals surface area contributed by atoms with Crippen LogP contribution < -0.4 is 4.90 Å². The van der Waals surface area contributed by atoms with E-state index in [9.17, 15) is 19.3 Å². The Balaban J connectivity index is 2.32. The van der Waals surface area contributed by atoms with Gasteiger partial charge in [-0.2, -0.15) is 0 Å². The summed E-state index contributed by atoms with van der Waals surface area (Å²) in [4.78, 5) is 23.6. The molecular formula is C13H15FN2O3. The molecule has 1 aromatic carbocycles. The van der Waals surface area contributed by atoms with E-state index in [0.717, 1.165) is 18.9 Å². The van der Waals surface area contributed by atoms with Gasteiger partial charge in [-0.3, -0.25) is 14.9 Å². The summed E-state index contributed by atoms with van der Waals surface area (Å²) in [5.74, 6) is -0.564. The molecule has 6 heteroatoms. The van der Waals surface area contributed by atoms with Gasteiger partial charge in [-0.1, -0.05) is 0 Å². The number of nitrogens with zero attached hydrogens (tertiary/aromatic N) is 2. The smallest absolute Gasteiger partial charge is 0.292 e. The van der Waals surface area contributed by atoms with E-state index in [1.54, 1.807) is 4.90 Å². The highest BCUT2D eigenvalue weighted by molar-refractivity contribution is 5.79. The van der Waals surface area contributed by atoms with Crippen LogP contribution in [0.15, 0.2) is 18.2 Å². The minimum Gasteiger partial charge on any atom is -0.365 e. The topological polar surface area (TPSA) is 63.5 Å². The first-order valence-corrected chi connectivity index (χ1v) is 6.18. The van der Waals surface area contributed by atoms with Gasteiger partial charge in [0.15, 0.2) is 0 Å². The maximum atomic E-state index is 13.3. The van der Waals surface area contributed by atoms with E-state index in [1.807, 2.05) is 0 Å². The van der Waals surface area contributed by atoms with Crippen molar-refractivity contribution in [2.24, 2.45) is 5.92 Å². The van der Waals surface area contributed by atoms with E-state index >= 15 is 0 Å². The maximum Gasteiger partial charge on any atom is 0.292 e. The number of Topliss-reactive ketones (excluding diaryl/α,β-unsaturated/α-hetero) is 1. The number of carbonyl (C=O) groups excluding carboxylic acids is 1. The van der Waals surface area contributed by atoms with Crippen LogP contribution in [-0.4, -0.2) is 23.8 Å². The fourth-order valence-corrected chi connectivity index (χ4v) is 2.43. The average Bonchev–Trinajstić information content (AvgIpc) is 2.38. The van der Waals surface area contributed by atoms with E-state index in [-0.39, 0.29) is 23.1 Å². The predicted molar refractivity (Wildman–Crippen MR) is 68.7 cm³/mol. The van der Waals surface area contributed by atoms with Crippen LogP contribution >= 0.6 is 0 Å². The molecule has 0 N–H and O–H groups in total. The van der Waals surface area contributed by atoms with Gasteiger partial charge >= 0.3 is 0 Å². The summed E-state index contributed by atoms with van der Waals surface area (Å²) in [6, 6.07) is 3.41. The normalized spacial score (nSPS) is 19.3. The summed E-state index contributed by atoms with van der Waals surface area (Å²) < 4.78 is 13.3. The van der Waals surface area contributed by atoms with Gasteiger partial charge in [0.05, 0.1) is 4.92 Å². The van der Waals surface area contributed by atoms with Crippen LogP contribution in [0.3, 0.4) is 0 Å². The molecule has 1 aromatic rings. The molecule has 19 heavy (non-hydrogen) atoms. The molecule has 0 aromatic heterocycles. The standard InChI is InChI=1S/C13H15FN2O3/c1-9(17)10-3-2-6-15(8-10)13-7-11(14)4-5-12(13)16(18)19/h4-5,7,10H,2-3,6,8H2,1H3. The van der Waals surface area contributed by atoms with E-state index in [2.05, 4.69) is 0 Å². The quantitative estimate of drug-likeness (QED) is 0.623. The Morgan fingerprint density at radius 3 is 2.89 bits per heavy atom. The molecule has 0 bridgehead atoms. The van der Waals surface area contributed by atoms with Gasteiger partial charge in [-0.25, -0.2) is 4.39 Å². The van der Waals surface area contributed by atoms with Crippen LogP contribution in [0.25, 0.3) is 0 Å². The predicted octanol–water partition coefficient (Wildman–Crippen LogP) is 2.54. The molecule has 5 nitrogen and oxygen atoms in total. The number of rotatable bonds is 3. The number of nitro groups is 1. The van der Waals surface area contributed by atoms with Gasteiger partial charge in [-0.15, -0.1) is 0 Å². The van der Waals surface area contributed by atoms with Crippen LogP contribution in [0, 0.1) is 21.8 Å². The molecule has 1 aliphatic heterocycles. The SMILES string of the molecule is CC(=O)C1CCCN(c2cc(F)ccc2[N+](=O)[O-])C1. The molecule has 102 valence electrons. The number of carbonyl (C=O) groups is 1. The number of nitro benzene ring substituents is 1.